The number of likely N-dealkylation sites (tertiary alicyclic amines) is 1. The number of nitrogens with zero attached hydrogens (tertiary/aromatic N) is 1. The minimum absolute atomic E-state index is 0.191. The van der Waals surface area contributed by atoms with Gasteiger partial charge < -0.3 is 4.90 Å². The lowest BCUT2D eigenvalue weighted by atomic mass is 10.0. The first-order valence-corrected chi connectivity index (χ1v) is 11.4. The Morgan fingerprint density at radius 3 is 2.36 bits per heavy atom. The van der Waals surface area contributed by atoms with Crippen molar-refractivity contribution in [3.63, 3.8) is 0 Å². The molecular formula is C20H22Cl2N2O3S. The van der Waals surface area contributed by atoms with Crippen LogP contribution in [-0.4, -0.2) is 38.4 Å². The first kappa shape index (κ1) is 21.1. The van der Waals surface area contributed by atoms with Gasteiger partial charge in [-0.05, 0) is 55.2 Å². The highest BCUT2D eigenvalue weighted by Gasteiger charge is 2.28. The number of hydrogen-bond acceptors (Lipinski definition) is 3. The van der Waals surface area contributed by atoms with Crippen LogP contribution in [0.25, 0.3) is 0 Å². The van der Waals surface area contributed by atoms with Crippen LogP contribution in [-0.2, 0) is 16.4 Å². The van der Waals surface area contributed by atoms with Crippen molar-refractivity contribution >= 4 is 39.1 Å². The first-order chi connectivity index (χ1) is 13.3. The normalized spacial score (nSPS) is 15.6. The summed E-state index contributed by atoms with van der Waals surface area (Å²) in [4.78, 5) is 14.6. The van der Waals surface area contributed by atoms with Crippen LogP contribution in [0.4, 0.5) is 0 Å². The third kappa shape index (κ3) is 4.87. The zero-order valence-electron chi connectivity index (χ0n) is 15.5. The average molecular weight is 441 g/mol. The lowest BCUT2D eigenvalue weighted by Crippen LogP contribution is -2.46. The average Bonchev–Trinajstić information content (AvgIpc) is 2.69. The quantitative estimate of drug-likeness (QED) is 0.759. The maximum absolute atomic E-state index is 12.7. The summed E-state index contributed by atoms with van der Waals surface area (Å²) in [5.74, 6) is -0.191. The number of sulfonamides is 1. The van der Waals surface area contributed by atoms with Gasteiger partial charge in [-0.3, -0.25) is 4.79 Å². The molecule has 0 aliphatic carbocycles. The van der Waals surface area contributed by atoms with E-state index in [2.05, 4.69) is 4.72 Å². The molecule has 0 bridgehead atoms. The molecule has 150 valence electrons. The summed E-state index contributed by atoms with van der Waals surface area (Å²) in [6, 6.07) is 11.5. The predicted molar refractivity (Wildman–Crippen MR) is 112 cm³/mol. The van der Waals surface area contributed by atoms with Crippen LogP contribution in [0.15, 0.2) is 47.4 Å². The van der Waals surface area contributed by atoms with Crippen LogP contribution in [0.2, 0.25) is 10.0 Å². The smallest absolute Gasteiger partial charge is 0.255 e. The van der Waals surface area contributed by atoms with Crippen molar-refractivity contribution < 1.29 is 13.2 Å². The van der Waals surface area contributed by atoms with Crippen molar-refractivity contribution in [2.75, 3.05) is 13.1 Å². The van der Waals surface area contributed by atoms with Gasteiger partial charge in [-0.1, -0.05) is 42.3 Å². The van der Waals surface area contributed by atoms with Gasteiger partial charge in [0.2, 0.25) is 10.0 Å². The highest BCUT2D eigenvalue weighted by atomic mass is 35.5. The summed E-state index contributed by atoms with van der Waals surface area (Å²) in [5.41, 5.74) is 1.45. The second-order valence-corrected chi connectivity index (χ2v) is 9.37. The van der Waals surface area contributed by atoms with Gasteiger partial charge in [-0.2, -0.15) is 0 Å². The molecule has 0 atom stereocenters. The first-order valence-electron chi connectivity index (χ1n) is 9.15. The van der Waals surface area contributed by atoms with E-state index in [0.717, 1.165) is 12.0 Å². The molecule has 0 aromatic heterocycles. The number of amides is 1. The SMILES string of the molecule is CCc1ccc(S(=O)(=O)NC2CCN(C(=O)c3cc(Cl)ccc3Cl)CC2)cc1. The zero-order valence-corrected chi connectivity index (χ0v) is 17.8. The van der Waals surface area contributed by atoms with Gasteiger partial charge in [0, 0.05) is 24.2 Å². The van der Waals surface area contributed by atoms with E-state index in [-0.39, 0.29) is 16.8 Å². The third-order valence-electron chi connectivity index (χ3n) is 4.90. The number of benzene rings is 2. The second-order valence-electron chi connectivity index (χ2n) is 6.81. The van der Waals surface area contributed by atoms with Gasteiger partial charge in [-0.15, -0.1) is 0 Å². The molecule has 0 spiro atoms. The molecule has 2 aromatic carbocycles. The minimum Gasteiger partial charge on any atom is -0.338 e. The molecule has 1 saturated heterocycles. The molecule has 1 aliphatic rings. The monoisotopic (exact) mass is 440 g/mol. The van der Waals surface area contributed by atoms with E-state index in [9.17, 15) is 13.2 Å². The summed E-state index contributed by atoms with van der Waals surface area (Å²) in [6.45, 7) is 2.92. The van der Waals surface area contributed by atoms with E-state index in [1.54, 1.807) is 35.2 Å². The Labute approximate surface area is 175 Å². The van der Waals surface area contributed by atoms with Crippen molar-refractivity contribution in [2.45, 2.75) is 37.1 Å². The number of halogens is 2. The third-order valence-corrected chi connectivity index (χ3v) is 7.01. The maximum atomic E-state index is 12.7. The van der Waals surface area contributed by atoms with Gasteiger partial charge in [0.25, 0.3) is 5.91 Å². The molecule has 1 aliphatic heterocycles. The van der Waals surface area contributed by atoms with E-state index in [1.165, 1.54) is 0 Å². The van der Waals surface area contributed by atoms with Crippen LogP contribution < -0.4 is 4.72 Å². The fourth-order valence-electron chi connectivity index (χ4n) is 3.22. The number of nitrogens with one attached hydrogen (secondary N) is 1. The van der Waals surface area contributed by atoms with Crippen molar-refractivity contribution in [3.8, 4) is 0 Å². The van der Waals surface area contributed by atoms with Crippen molar-refractivity contribution in [3.05, 3.63) is 63.6 Å². The van der Waals surface area contributed by atoms with Gasteiger partial charge in [-0.25, -0.2) is 13.1 Å². The lowest BCUT2D eigenvalue weighted by Gasteiger charge is -2.32. The number of carbonyl (C=O) groups is 1. The summed E-state index contributed by atoms with van der Waals surface area (Å²) >= 11 is 12.1. The highest BCUT2D eigenvalue weighted by Crippen LogP contribution is 2.24. The minimum atomic E-state index is -3.58. The number of rotatable bonds is 5. The highest BCUT2D eigenvalue weighted by molar-refractivity contribution is 7.89. The Morgan fingerprint density at radius 2 is 1.75 bits per heavy atom. The fraction of sp³-hybridized carbons (Fsp3) is 0.350. The van der Waals surface area contributed by atoms with Gasteiger partial charge in [0.1, 0.15) is 0 Å². The molecule has 28 heavy (non-hydrogen) atoms. The van der Waals surface area contributed by atoms with Crippen LogP contribution >= 0.6 is 23.2 Å². The molecule has 1 amide bonds. The fourth-order valence-corrected chi connectivity index (χ4v) is 4.90. The topological polar surface area (TPSA) is 66.5 Å². The van der Waals surface area contributed by atoms with E-state index in [4.69, 9.17) is 23.2 Å². The lowest BCUT2D eigenvalue weighted by molar-refractivity contribution is 0.0711. The van der Waals surface area contributed by atoms with Gasteiger partial charge >= 0.3 is 0 Å². The van der Waals surface area contributed by atoms with Crippen LogP contribution in [0.3, 0.4) is 0 Å². The summed E-state index contributed by atoms with van der Waals surface area (Å²) in [5, 5.41) is 0.803. The largest absolute Gasteiger partial charge is 0.338 e. The van der Waals surface area contributed by atoms with Gasteiger partial charge in [0.15, 0.2) is 0 Å². The summed E-state index contributed by atoms with van der Waals surface area (Å²) in [7, 11) is -3.58. The van der Waals surface area contributed by atoms with Crippen molar-refractivity contribution in [2.24, 2.45) is 0 Å². The van der Waals surface area contributed by atoms with Gasteiger partial charge in [0.05, 0.1) is 15.5 Å². The molecule has 3 rings (SSSR count). The molecule has 1 heterocycles. The zero-order chi connectivity index (χ0) is 20.3. The molecule has 8 heteroatoms. The summed E-state index contributed by atoms with van der Waals surface area (Å²) in [6.07, 6.45) is 1.93. The van der Waals surface area contributed by atoms with E-state index in [1.807, 2.05) is 19.1 Å². The summed E-state index contributed by atoms with van der Waals surface area (Å²) < 4.78 is 27.9. The van der Waals surface area contributed by atoms with Crippen LogP contribution in [0, 0.1) is 0 Å². The van der Waals surface area contributed by atoms with E-state index >= 15 is 0 Å². The van der Waals surface area contributed by atoms with Crippen molar-refractivity contribution in [1.82, 2.24) is 9.62 Å². The van der Waals surface area contributed by atoms with Crippen molar-refractivity contribution in [1.29, 1.82) is 0 Å². The number of carbonyl (C=O) groups excluding carboxylic acids is 1. The number of aryl methyl sites for hydroxylation is 1. The molecule has 1 fully saturated rings. The Hall–Kier alpha value is -1.60. The molecule has 0 radical (unpaired) electrons. The van der Waals surface area contributed by atoms with E-state index in [0.29, 0.717) is 41.5 Å². The van der Waals surface area contributed by atoms with Crippen LogP contribution in [0.5, 0.6) is 0 Å². The Kier molecular flexibility index (Phi) is 6.65. The van der Waals surface area contributed by atoms with E-state index < -0.39 is 10.0 Å². The molecule has 1 N–H and O–H groups in total. The Balaban J connectivity index is 1.61. The number of hydrogen-bond donors (Lipinski definition) is 1. The maximum Gasteiger partial charge on any atom is 0.255 e. The van der Waals surface area contributed by atoms with Crippen LogP contribution in [0.1, 0.15) is 35.7 Å². The predicted octanol–water partition coefficient (Wildman–Crippen LogP) is 4.14. The number of piperidine rings is 1. The Bertz CT molecular complexity index is 954. The molecule has 0 saturated carbocycles. The Morgan fingerprint density at radius 1 is 1.11 bits per heavy atom. The second kappa shape index (κ2) is 8.82. The molecule has 0 unspecified atom stereocenters. The molecule has 2 aromatic rings. The molecule has 5 nitrogen and oxygen atoms in total. The molecular weight excluding hydrogens is 419 g/mol. The standard InChI is InChI=1S/C20H22Cl2N2O3S/c1-2-14-3-6-17(7-4-14)28(26,27)23-16-9-11-24(12-10-16)20(25)18-13-15(21)5-8-19(18)22/h3-8,13,16,23H,2,9-12H2,1H3.